The fourth-order valence-corrected chi connectivity index (χ4v) is 5.02. The first-order valence-electron chi connectivity index (χ1n) is 12.9. The van der Waals surface area contributed by atoms with Gasteiger partial charge in [-0.15, -0.1) is 0 Å². The molecule has 1 fully saturated rings. The van der Waals surface area contributed by atoms with Crippen LogP contribution < -0.4 is 10.5 Å². The molecule has 0 radical (unpaired) electrons. The van der Waals surface area contributed by atoms with Crippen molar-refractivity contribution in [2.24, 2.45) is 5.73 Å². The topological polar surface area (TPSA) is 70.4 Å². The highest BCUT2D eigenvalue weighted by molar-refractivity contribution is 6.09. The fraction of sp³-hybridized carbons (Fsp3) is 0.414. The number of nitrogens with zero attached hydrogens (tertiary/aromatic N) is 3. The molecule has 1 unspecified atom stereocenters. The number of likely N-dealkylation sites (N-methyl/N-ethyl adjacent to an activating group) is 1. The summed E-state index contributed by atoms with van der Waals surface area (Å²) < 4.78 is 6.03. The summed E-state index contributed by atoms with van der Waals surface area (Å²) in [5.41, 5.74) is 12.1. The van der Waals surface area contributed by atoms with Gasteiger partial charge in [-0.05, 0) is 60.5 Å². The van der Waals surface area contributed by atoms with Crippen LogP contribution in [0.15, 0.2) is 54.7 Å². The lowest BCUT2D eigenvalue weighted by molar-refractivity contribution is 0.134. The van der Waals surface area contributed by atoms with Crippen LogP contribution in [0.25, 0.3) is 33.1 Å². The summed E-state index contributed by atoms with van der Waals surface area (Å²) in [4.78, 5) is 12.9. The SMILES string of the molecule is CCCCC(N)c1ccnc2[nH]c3ccc(-c4ccc(OCCN5CCN(C)CC5)cc4)cc3c12. The number of ether oxygens (including phenoxy) is 1. The van der Waals surface area contributed by atoms with Crippen molar-refractivity contribution in [1.82, 2.24) is 19.8 Å². The van der Waals surface area contributed by atoms with Crippen LogP contribution in [0.2, 0.25) is 0 Å². The van der Waals surface area contributed by atoms with Crippen LogP contribution in [0.1, 0.15) is 37.8 Å². The number of aromatic amines is 1. The van der Waals surface area contributed by atoms with Gasteiger partial charge < -0.3 is 20.4 Å². The molecule has 1 aliphatic heterocycles. The van der Waals surface area contributed by atoms with Gasteiger partial charge in [-0.3, -0.25) is 4.90 Å². The molecule has 184 valence electrons. The van der Waals surface area contributed by atoms with Crippen LogP contribution in [0, 0.1) is 0 Å². The van der Waals surface area contributed by atoms with E-state index in [9.17, 15) is 0 Å². The molecular formula is C29H37N5O. The average molecular weight is 472 g/mol. The second-order valence-electron chi connectivity index (χ2n) is 9.78. The monoisotopic (exact) mass is 471 g/mol. The van der Waals surface area contributed by atoms with Crippen LogP contribution in [0.4, 0.5) is 0 Å². The number of fused-ring (bicyclic) bond motifs is 3. The Morgan fingerprint density at radius 1 is 1.03 bits per heavy atom. The van der Waals surface area contributed by atoms with E-state index in [1.807, 2.05) is 6.20 Å². The molecule has 1 saturated heterocycles. The summed E-state index contributed by atoms with van der Waals surface area (Å²) in [5.74, 6) is 0.921. The first-order chi connectivity index (χ1) is 17.1. The van der Waals surface area contributed by atoms with Gasteiger partial charge >= 0.3 is 0 Å². The second kappa shape index (κ2) is 10.8. The molecule has 0 saturated carbocycles. The minimum atomic E-state index is 0.0189. The third-order valence-corrected chi connectivity index (χ3v) is 7.25. The first-order valence-corrected chi connectivity index (χ1v) is 12.9. The number of piperazine rings is 1. The van der Waals surface area contributed by atoms with Crippen molar-refractivity contribution >= 4 is 21.9 Å². The van der Waals surface area contributed by atoms with Crippen molar-refractivity contribution in [2.75, 3.05) is 46.4 Å². The predicted molar refractivity (Wildman–Crippen MR) is 145 cm³/mol. The summed E-state index contributed by atoms with van der Waals surface area (Å²) in [7, 11) is 2.18. The molecule has 1 atom stereocenters. The molecule has 2 aromatic heterocycles. The molecule has 5 rings (SSSR count). The minimum absolute atomic E-state index is 0.0189. The Balaban J connectivity index is 1.32. The van der Waals surface area contributed by atoms with Gasteiger partial charge in [0, 0.05) is 61.3 Å². The molecule has 1 aliphatic rings. The number of rotatable bonds is 9. The van der Waals surface area contributed by atoms with Crippen molar-refractivity contribution in [1.29, 1.82) is 0 Å². The first kappa shape index (κ1) is 23.8. The number of nitrogens with two attached hydrogens (primary N) is 1. The fourth-order valence-electron chi connectivity index (χ4n) is 5.02. The molecule has 2 aromatic carbocycles. The zero-order valence-electron chi connectivity index (χ0n) is 21.0. The molecule has 0 aliphatic carbocycles. The van der Waals surface area contributed by atoms with Gasteiger partial charge in [0.15, 0.2) is 0 Å². The molecule has 3 heterocycles. The van der Waals surface area contributed by atoms with Gasteiger partial charge in [-0.1, -0.05) is 38.0 Å². The molecule has 0 bridgehead atoms. The Morgan fingerprint density at radius 2 is 1.80 bits per heavy atom. The summed E-state index contributed by atoms with van der Waals surface area (Å²) in [6.45, 7) is 8.42. The predicted octanol–water partition coefficient (Wildman–Crippen LogP) is 5.20. The van der Waals surface area contributed by atoms with E-state index in [2.05, 4.69) is 82.3 Å². The van der Waals surface area contributed by atoms with Crippen molar-refractivity contribution in [3.05, 3.63) is 60.3 Å². The van der Waals surface area contributed by atoms with Crippen LogP contribution in [-0.4, -0.2) is 66.1 Å². The number of benzene rings is 2. The Labute approximate surface area is 208 Å². The minimum Gasteiger partial charge on any atom is -0.492 e. The Kier molecular flexibility index (Phi) is 7.32. The number of nitrogens with one attached hydrogen (secondary N) is 1. The van der Waals surface area contributed by atoms with E-state index < -0.39 is 0 Å². The van der Waals surface area contributed by atoms with E-state index in [1.54, 1.807) is 0 Å². The summed E-state index contributed by atoms with van der Waals surface area (Å²) >= 11 is 0. The van der Waals surface area contributed by atoms with Crippen LogP contribution in [-0.2, 0) is 0 Å². The lowest BCUT2D eigenvalue weighted by Crippen LogP contribution is -2.45. The van der Waals surface area contributed by atoms with Crippen LogP contribution in [0.3, 0.4) is 0 Å². The average Bonchev–Trinajstić information content (AvgIpc) is 3.27. The Bertz CT molecular complexity index is 1260. The Hall–Kier alpha value is -2.93. The molecular weight excluding hydrogens is 434 g/mol. The zero-order chi connectivity index (χ0) is 24.2. The van der Waals surface area contributed by atoms with Gasteiger partial charge in [-0.2, -0.15) is 0 Å². The summed E-state index contributed by atoms with van der Waals surface area (Å²) in [6.07, 6.45) is 5.12. The lowest BCUT2D eigenvalue weighted by Gasteiger charge is -2.32. The second-order valence-corrected chi connectivity index (χ2v) is 9.78. The van der Waals surface area contributed by atoms with E-state index in [-0.39, 0.29) is 6.04 Å². The molecule has 0 amide bonds. The van der Waals surface area contributed by atoms with Gasteiger partial charge in [0.1, 0.15) is 18.0 Å². The van der Waals surface area contributed by atoms with Gasteiger partial charge in [0.2, 0.25) is 0 Å². The molecule has 6 heteroatoms. The van der Waals surface area contributed by atoms with E-state index in [0.29, 0.717) is 0 Å². The number of aromatic nitrogens is 2. The molecule has 0 spiro atoms. The number of hydrogen-bond acceptors (Lipinski definition) is 5. The smallest absolute Gasteiger partial charge is 0.138 e. The number of hydrogen-bond donors (Lipinski definition) is 2. The quantitative estimate of drug-likeness (QED) is 0.351. The highest BCUT2D eigenvalue weighted by Crippen LogP contribution is 2.34. The zero-order valence-corrected chi connectivity index (χ0v) is 21.0. The van der Waals surface area contributed by atoms with Gasteiger partial charge in [-0.25, -0.2) is 4.98 Å². The van der Waals surface area contributed by atoms with Crippen molar-refractivity contribution in [3.8, 4) is 16.9 Å². The lowest BCUT2D eigenvalue weighted by atomic mass is 9.97. The van der Waals surface area contributed by atoms with E-state index in [4.69, 9.17) is 10.5 Å². The van der Waals surface area contributed by atoms with Crippen molar-refractivity contribution in [3.63, 3.8) is 0 Å². The molecule has 35 heavy (non-hydrogen) atoms. The highest BCUT2D eigenvalue weighted by atomic mass is 16.5. The standard InChI is InChI=1S/C29H37N5O/c1-3-4-5-26(30)24-12-13-31-29-28(24)25-20-22(8-11-27(25)32-29)21-6-9-23(10-7-21)35-19-18-34-16-14-33(2)15-17-34/h6-13,20,26H,3-5,14-19,30H2,1-2H3,(H,31,32). The molecule has 3 N–H and O–H groups in total. The maximum Gasteiger partial charge on any atom is 0.138 e. The molecule has 4 aromatic rings. The largest absolute Gasteiger partial charge is 0.492 e. The van der Waals surface area contributed by atoms with Crippen molar-refractivity contribution < 1.29 is 4.74 Å². The third-order valence-electron chi connectivity index (χ3n) is 7.25. The number of unbranched alkanes of at least 4 members (excludes halogenated alkanes) is 1. The van der Waals surface area contributed by atoms with Crippen LogP contribution in [0.5, 0.6) is 5.75 Å². The number of H-pyrrole nitrogens is 1. The van der Waals surface area contributed by atoms with E-state index >= 15 is 0 Å². The third kappa shape index (κ3) is 5.35. The van der Waals surface area contributed by atoms with Crippen LogP contribution >= 0.6 is 0 Å². The number of pyridine rings is 1. The van der Waals surface area contributed by atoms with Gasteiger partial charge in [0.05, 0.1) is 0 Å². The summed E-state index contributed by atoms with van der Waals surface area (Å²) in [6, 6.07) is 17.1. The normalized spacial score (nSPS) is 16.2. The summed E-state index contributed by atoms with van der Waals surface area (Å²) in [5, 5.41) is 2.33. The van der Waals surface area contributed by atoms with E-state index in [0.717, 1.165) is 80.9 Å². The highest BCUT2D eigenvalue weighted by Gasteiger charge is 2.16. The van der Waals surface area contributed by atoms with E-state index in [1.165, 1.54) is 22.1 Å². The van der Waals surface area contributed by atoms with Gasteiger partial charge in [0.25, 0.3) is 0 Å². The van der Waals surface area contributed by atoms with Crippen molar-refractivity contribution in [2.45, 2.75) is 32.2 Å². The maximum absolute atomic E-state index is 6.60. The maximum atomic E-state index is 6.60. The Morgan fingerprint density at radius 3 is 2.57 bits per heavy atom. The molecule has 6 nitrogen and oxygen atoms in total.